The van der Waals surface area contributed by atoms with Crippen molar-refractivity contribution in [1.82, 2.24) is 0 Å². The first kappa shape index (κ1) is 11.6. The third-order valence-electron chi connectivity index (χ3n) is 2.99. The lowest BCUT2D eigenvalue weighted by molar-refractivity contribution is -0.0489. The Balaban J connectivity index is 2.39. The number of ether oxygens (including phenoxy) is 3. The number of methoxy groups -OCH3 is 2. The molecular formula is C12H15ClO3. The lowest BCUT2D eigenvalue weighted by atomic mass is 9.80. The molecule has 0 amide bonds. The van der Waals surface area contributed by atoms with Crippen molar-refractivity contribution in [2.24, 2.45) is 0 Å². The van der Waals surface area contributed by atoms with E-state index < -0.39 is 0 Å². The first-order valence-corrected chi connectivity index (χ1v) is 5.65. The van der Waals surface area contributed by atoms with Gasteiger partial charge in [0, 0.05) is 17.5 Å². The second-order valence-electron chi connectivity index (χ2n) is 3.97. The SMILES string of the molecule is COc1ccc(C2(CCl)COC2)c(OC)c1. The molecule has 0 atom stereocenters. The molecule has 4 heteroatoms. The van der Waals surface area contributed by atoms with Crippen LogP contribution in [0.15, 0.2) is 18.2 Å². The molecule has 0 saturated carbocycles. The molecule has 1 heterocycles. The molecule has 1 fully saturated rings. The number of rotatable bonds is 4. The highest BCUT2D eigenvalue weighted by Gasteiger charge is 2.41. The average Bonchev–Trinajstić information content (AvgIpc) is 2.28. The number of alkyl halides is 1. The van der Waals surface area contributed by atoms with E-state index in [0.717, 1.165) is 17.1 Å². The Hall–Kier alpha value is -0.930. The Labute approximate surface area is 100 Å². The Kier molecular flexibility index (Phi) is 3.26. The van der Waals surface area contributed by atoms with Crippen LogP contribution in [0, 0.1) is 0 Å². The second kappa shape index (κ2) is 4.52. The molecule has 0 unspecified atom stereocenters. The Morgan fingerprint density at radius 2 is 2.06 bits per heavy atom. The predicted molar refractivity (Wildman–Crippen MR) is 62.8 cm³/mol. The molecule has 16 heavy (non-hydrogen) atoms. The fourth-order valence-corrected chi connectivity index (χ4v) is 2.19. The van der Waals surface area contributed by atoms with Crippen LogP contribution < -0.4 is 9.47 Å². The molecule has 1 aromatic carbocycles. The number of hydrogen-bond donors (Lipinski definition) is 0. The Bertz CT molecular complexity index is 369. The minimum atomic E-state index is -0.0980. The quantitative estimate of drug-likeness (QED) is 0.758. The Morgan fingerprint density at radius 1 is 1.31 bits per heavy atom. The first-order chi connectivity index (χ1) is 7.75. The van der Waals surface area contributed by atoms with Gasteiger partial charge < -0.3 is 14.2 Å². The zero-order chi connectivity index (χ0) is 11.6. The molecule has 3 nitrogen and oxygen atoms in total. The van der Waals surface area contributed by atoms with Crippen LogP contribution in [0.25, 0.3) is 0 Å². The summed E-state index contributed by atoms with van der Waals surface area (Å²) in [6.45, 7) is 1.30. The van der Waals surface area contributed by atoms with Crippen LogP contribution in [0.2, 0.25) is 0 Å². The van der Waals surface area contributed by atoms with Gasteiger partial charge in [0.25, 0.3) is 0 Å². The van der Waals surface area contributed by atoms with Gasteiger partial charge in [-0.05, 0) is 6.07 Å². The topological polar surface area (TPSA) is 27.7 Å². The van der Waals surface area contributed by atoms with Crippen molar-refractivity contribution in [2.45, 2.75) is 5.41 Å². The summed E-state index contributed by atoms with van der Waals surface area (Å²) in [7, 11) is 3.29. The normalized spacial score (nSPS) is 17.7. The summed E-state index contributed by atoms with van der Waals surface area (Å²) in [6, 6.07) is 5.80. The molecule has 0 N–H and O–H groups in total. The van der Waals surface area contributed by atoms with E-state index in [2.05, 4.69) is 0 Å². The maximum atomic E-state index is 6.03. The molecule has 2 rings (SSSR count). The van der Waals surface area contributed by atoms with Crippen molar-refractivity contribution in [3.8, 4) is 11.5 Å². The minimum absolute atomic E-state index is 0.0980. The van der Waals surface area contributed by atoms with Crippen LogP contribution in [0.4, 0.5) is 0 Å². The molecule has 0 aromatic heterocycles. The summed E-state index contributed by atoms with van der Waals surface area (Å²) < 4.78 is 15.8. The lowest BCUT2D eigenvalue weighted by Crippen LogP contribution is -2.48. The maximum absolute atomic E-state index is 6.03. The number of benzene rings is 1. The van der Waals surface area contributed by atoms with E-state index >= 15 is 0 Å². The van der Waals surface area contributed by atoms with Gasteiger partial charge in [0.15, 0.2) is 0 Å². The molecular weight excluding hydrogens is 228 g/mol. The van der Waals surface area contributed by atoms with E-state index in [9.17, 15) is 0 Å². The maximum Gasteiger partial charge on any atom is 0.126 e. The summed E-state index contributed by atoms with van der Waals surface area (Å²) in [4.78, 5) is 0. The zero-order valence-electron chi connectivity index (χ0n) is 9.46. The van der Waals surface area contributed by atoms with Crippen molar-refractivity contribution >= 4 is 11.6 Å². The van der Waals surface area contributed by atoms with E-state index in [4.69, 9.17) is 25.8 Å². The highest BCUT2D eigenvalue weighted by Crippen LogP contribution is 2.40. The second-order valence-corrected chi connectivity index (χ2v) is 4.24. The van der Waals surface area contributed by atoms with Crippen LogP contribution in [0.1, 0.15) is 5.56 Å². The Morgan fingerprint density at radius 3 is 2.50 bits per heavy atom. The summed E-state index contributed by atoms with van der Waals surface area (Å²) in [6.07, 6.45) is 0. The van der Waals surface area contributed by atoms with E-state index in [1.54, 1.807) is 14.2 Å². The standard InChI is InChI=1S/C12H15ClO3/c1-14-9-3-4-10(11(5-9)15-2)12(6-13)7-16-8-12/h3-5H,6-8H2,1-2H3. The molecule has 1 aliphatic rings. The largest absolute Gasteiger partial charge is 0.497 e. The van der Waals surface area contributed by atoms with Gasteiger partial charge in [0.1, 0.15) is 11.5 Å². The van der Waals surface area contributed by atoms with Crippen molar-refractivity contribution in [1.29, 1.82) is 0 Å². The fourth-order valence-electron chi connectivity index (χ4n) is 1.89. The monoisotopic (exact) mass is 242 g/mol. The summed E-state index contributed by atoms with van der Waals surface area (Å²) in [5, 5.41) is 0. The zero-order valence-corrected chi connectivity index (χ0v) is 10.2. The average molecular weight is 243 g/mol. The molecule has 1 aliphatic heterocycles. The highest BCUT2D eigenvalue weighted by molar-refractivity contribution is 6.18. The van der Waals surface area contributed by atoms with E-state index in [-0.39, 0.29) is 5.41 Å². The van der Waals surface area contributed by atoms with Gasteiger partial charge in [0.05, 0.1) is 32.8 Å². The van der Waals surface area contributed by atoms with Gasteiger partial charge >= 0.3 is 0 Å². The predicted octanol–water partition coefficient (Wildman–Crippen LogP) is 2.21. The van der Waals surface area contributed by atoms with E-state index in [0.29, 0.717) is 19.1 Å². The van der Waals surface area contributed by atoms with Crippen molar-refractivity contribution in [3.63, 3.8) is 0 Å². The number of hydrogen-bond acceptors (Lipinski definition) is 3. The summed E-state index contributed by atoms with van der Waals surface area (Å²) in [5.41, 5.74) is 0.996. The smallest absolute Gasteiger partial charge is 0.126 e. The highest BCUT2D eigenvalue weighted by atomic mass is 35.5. The van der Waals surface area contributed by atoms with Crippen molar-refractivity contribution < 1.29 is 14.2 Å². The third kappa shape index (κ3) is 1.74. The van der Waals surface area contributed by atoms with Gasteiger partial charge in [0.2, 0.25) is 0 Å². The van der Waals surface area contributed by atoms with Gasteiger partial charge in [-0.3, -0.25) is 0 Å². The molecule has 0 spiro atoms. The molecule has 1 aromatic rings. The van der Waals surface area contributed by atoms with Gasteiger partial charge in [-0.25, -0.2) is 0 Å². The van der Waals surface area contributed by atoms with Gasteiger partial charge in [-0.15, -0.1) is 11.6 Å². The number of halogens is 1. The van der Waals surface area contributed by atoms with E-state index in [1.165, 1.54) is 0 Å². The first-order valence-electron chi connectivity index (χ1n) is 5.12. The molecule has 0 aliphatic carbocycles. The van der Waals surface area contributed by atoms with Crippen LogP contribution >= 0.6 is 11.6 Å². The molecule has 0 radical (unpaired) electrons. The summed E-state index contributed by atoms with van der Waals surface area (Å²) >= 11 is 6.03. The van der Waals surface area contributed by atoms with Crippen molar-refractivity contribution in [2.75, 3.05) is 33.3 Å². The van der Waals surface area contributed by atoms with Gasteiger partial charge in [-0.1, -0.05) is 6.07 Å². The summed E-state index contributed by atoms with van der Waals surface area (Å²) in [5.74, 6) is 2.13. The van der Waals surface area contributed by atoms with Gasteiger partial charge in [-0.2, -0.15) is 0 Å². The molecule has 1 saturated heterocycles. The van der Waals surface area contributed by atoms with Crippen molar-refractivity contribution in [3.05, 3.63) is 23.8 Å². The van der Waals surface area contributed by atoms with E-state index in [1.807, 2.05) is 18.2 Å². The molecule has 88 valence electrons. The lowest BCUT2D eigenvalue weighted by Gasteiger charge is -2.41. The van der Waals surface area contributed by atoms with Crippen LogP contribution in [0.3, 0.4) is 0 Å². The van der Waals surface area contributed by atoms with Crippen LogP contribution in [0.5, 0.6) is 11.5 Å². The van der Waals surface area contributed by atoms with Crippen LogP contribution in [-0.2, 0) is 10.2 Å². The fraction of sp³-hybridized carbons (Fsp3) is 0.500. The van der Waals surface area contributed by atoms with Crippen LogP contribution in [-0.4, -0.2) is 33.3 Å². The molecule has 0 bridgehead atoms. The third-order valence-corrected chi connectivity index (χ3v) is 3.50. The minimum Gasteiger partial charge on any atom is -0.497 e.